The van der Waals surface area contributed by atoms with Gasteiger partial charge >= 0.3 is 5.97 Å². The standard InChI is InChI=1S/C17H18O2/c1-3-4-5-6-7-8-9-10-11-12-13-14-15-16-19-17(2)18/h9-12H,13-16H2,1-2H3. The number of hydrogen-bond acceptors (Lipinski definition) is 2. The maximum atomic E-state index is 10.5. The Morgan fingerprint density at radius 3 is 2.63 bits per heavy atom. The number of unbranched alkanes of at least 4 members (excludes halogenated alkanes) is 2. The summed E-state index contributed by atoms with van der Waals surface area (Å²) in [6, 6.07) is 0. The topological polar surface area (TPSA) is 26.3 Å². The molecule has 0 N–H and O–H groups in total. The number of rotatable bonds is 6. The smallest absolute Gasteiger partial charge is 0.302 e. The van der Waals surface area contributed by atoms with Crippen molar-refractivity contribution in [1.82, 2.24) is 0 Å². The van der Waals surface area contributed by atoms with E-state index >= 15 is 0 Å². The predicted molar refractivity (Wildman–Crippen MR) is 77.8 cm³/mol. The van der Waals surface area contributed by atoms with E-state index in [0.717, 1.165) is 19.3 Å². The van der Waals surface area contributed by atoms with E-state index < -0.39 is 0 Å². The van der Waals surface area contributed by atoms with Crippen LogP contribution in [0.1, 0.15) is 33.1 Å². The van der Waals surface area contributed by atoms with Gasteiger partial charge in [-0.25, -0.2) is 0 Å². The molecule has 0 aliphatic heterocycles. The van der Waals surface area contributed by atoms with Crippen molar-refractivity contribution in [3.8, 4) is 35.5 Å². The summed E-state index contributed by atoms with van der Waals surface area (Å²) in [4.78, 5) is 10.5. The van der Waals surface area contributed by atoms with Crippen LogP contribution in [0.3, 0.4) is 0 Å². The highest BCUT2D eigenvalue weighted by molar-refractivity contribution is 5.65. The second kappa shape index (κ2) is 13.7. The summed E-state index contributed by atoms with van der Waals surface area (Å²) in [5.41, 5.74) is 0. The van der Waals surface area contributed by atoms with Crippen molar-refractivity contribution in [3.05, 3.63) is 24.3 Å². The summed E-state index contributed by atoms with van der Waals surface area (Å²) in [5, 5.41) is 0. The van der Waals surface area contributed by atoms with Gasteiger partial charge in [-0.05, 0) is 55.9 Å². The average molecular weight is 254 g/mol. The molecule has 0 unspecified atom stereocenters. The van der Waals surface area contributed by atoms with Crippen LogP contribution in [-0.4, -0.2) is 12.6 Å². The van der Waals surface area contributed by atoms with Gasteiger partial charge in [-0.2, -0.15) is 0 Å². The summed E-state index contributed by atoms with van der Waals surface area (Å²) < 4.78 is 4.82. The van der Waals surface area contributed by atoms with E-state index in [0.29, 0.717) is 6.61 Å². The molecule has 2 nitrogen and oxygen atoms in total. The van der Waals surface area contributed by atoms with Crippen LogP contribution < -0.4 is 0 Å². The second-order valence-electron chi connectivity index (χ2n) is 3.52. The fourth-order valence-electron chi connectivity index (χ4n) is 1.06. The van der Waals surface area contributed by atoms with E-state index in [1.165, 1.54) is 6.92 Å². The molecule has 98 valence electrons. The minimum Gasteiger partial charge on any atom is -0.466 e. The third kappa shape index (κ3) is 15.6. The van der Waals surface area contributed by atoms with E-state index in [2.05, 4.69) is 41.6 Å². The highest BCUT2D eigenvalue weighted by atomic mass is 16.5. The molecule has 0 aliphatic carbocycles. The van der Waals surface area contributed by atoms with Gasteiger partial charge in [0, 0.05) is 6.92 Å². The van der Waals surface area contributed by atoms with Crippen LogP contribution >= 0.6 is 0 Å². The van der Waals surface area contributed by atoms with Crippen molar-refractivity contribution in [3.63, 3.8) is 0 Å². The average Bonchev–Trinajstić information content (AvgIpc) is 2.39. The van der Waals surface area contributed by atoms with Crippen LogP contribution in [0.25, 0.3) is 0 Å². The van der Waals surface area contributed by atoms with Crippen LogP contribution in [0, 0.1) is 35.5 Å². The van der Waals surface area contributed by atoms with Gasteiger partial charge in [0.15, 0.2) is 0 Å². The lowest BCUT2D eigenvalue weighted by atomic mass is 10.2. The van der Waals surface area contributed by atoms with Crippen LogP contribution in [0.15, 0.2) is 24.3 Å². The monoisotopic (exact) mass is 254 g/mol. The molecule has 0 rings (SSSR count). The van der Waals surface area contributed by atoms with E-state index in [9.17, 15) is 4.79 Å². The third-order valence-corrected chi connectivity index (χ3v) is 1.88. The normalized spacial score (nSPS) is 8.95. The molecule has 0 bridgehead atoms. The molecule has 0 aromatic carbocycles. The van der Waals surface area contributed by atoms with Crippen LogP contribution in [0.4, 0.5) is 0 Å². The van der Waals surface area contributed by atoms with Crippen LogP contribution in [-0.2, 0) is 9.53 Å². The van der Waals surface area contributed by atoms with Crippen molar-refractivity contribution < 1.29 is 9.53 Å². The number of esters is 1. The lowest BCUT2D eigenvalue weighted by molar-refractivity contribution is -0.141. The molecule has 0 fully saturated rings. The number of carbonyl (C=O) groups is 1. The van der Waals surface area contributed by atoms with Crippen molar-refractivity contribution in [2.75, 3.05) is 6.61 Å². The van der Waals surface area contributed by atoms with Gasteiger partial charge in [-0.3, -0.25) is 4.79 Å². The largest absolute Gasteiger partial charge is 0.466 e. The van der Waals surface area contributed by atoms with Crippen molar-refractivity contribution >= 4 is 5.97 Å². The minimum atomic E-state index is -0.218. The molecule has 0 heterocycles. The number of hydrogen-bond donors (Lipinski definition) is 0. The Morgan fingerprint density at radius 2 is 1.89 bits per heavy atom. The number of ether oxygens (including phenoxy) is 1. The maximum Gasteiger partial charge on any atom is 0.302 e. The molecule has 2 heteroatoms. The lowest BCUT2D eigenvalue weighted by Crippen LogP contribution is -1.99. The van der Waals surface area contributed by atoms with Crippen molar-refractivity contribution in [2.45, 2.75) is 33.1 Å². The fraction of sp³-hybridized carbons (Fsp3) is 0.353. The van der Waals surface area contributed by atoms with E-state index in [1.807, 2.05) is 12.2 Å². The van der Waals surface area contributed by atoms with Crippen LogP contribution in [0.5, 0.6) is 0 Å². The van der Waals surface area contributed by atoms with E-state index in [1.54, 1.807) is 13.0 Å². The quantitative estimate of drug-likeness (QED) is 0.315. The lowest BCUT2D eigenvalue weighted by Gasteiger charge is -1.98. The van der Waals surface area contributed by atoms with Gasteiger partial charge < -0.3 is 4.74 Å². The first-order chi connectivity index (χ1) is 9.27. The van der Waals surface area contributed by atoms with Crippen molar-refractivity contribution in [1.29, 1.82) is 0 Å². The fourth-order valence-corrected chi connectivity index (χ4v) is 1.06. The second-order valence-corrected chi connectivity index (χ2v) is 3.52. The Kier molecular flexibility index (Phi) is 12.0. The Labute approximate surface area is 115 Å². The first kappa shape index (κ1) is 16.6. The van der Waals surface area contributed by atoms with Crippen molar-refractivity contribution in [2.24, 2.45) is 0 Å². The van der Waals surface area contributed by atoms with Gasteiger partial charge in [0.2, 0.25) is 0 Å². The molecular formula is C17H18O2. The highest BCUT2D eigenvalue weighted by Gasteiger charge is 1.90. The summed E-state index contributed by atoms with van der Waals surface area (Å²) >= 11 is 0. The van der Waals surface area contributed by atoms with Crippen LogP contribution in [0.2, 0.25) is 0 Å². The molecule has 0 saturated heterocycles. The first-order valence-electron chi connectivity index (χ1n) is 6.14. The van der Waals surface area contributed by atoms with Gasteiger partial charge in [0.05, 0.1) is 6.61 Å². The molecule has 0 radical (unpaired) electrons. The van der Waals surface area contributed by atoms with Gasteiger partial charge in [0.1, 0.15) is 0 Å². The summed E-state index contributed by atoms with van der Waals surface area (Å²) in [5.74, 6) is 15.7. The Hall–Kier alpha value is -2.37. The Morgan fingerprint density at radius 1 is 1.11 bits per heavy atom. The minimum absolute atomic E-state index is 0.218. The number of carbonyl (C=O) groups excluding carboxylic acids is 1. The summed E-state index contributed by atoms with van der Waals surface area (Å²) in [6.07, 6.45) is 10.5. The first-order valence-corrected chi connectivity index (χ1v) is 6.14. The zero-order valence-electron chi connectivity index (χ0n) is 11.5. The van der Waals surface area contributed by atoms with E-state index in [4.69, 9.17) is 4.74 Å². The molecule has 0 aromatic rings. The molecule has 0 aromatic heterocycles. The molecule has 0 atom stereocenters. The van der Waals surface area contributed by atoms with Gasteiger partial charge in [0.25, 0.3) is 0 Å². The molecule has 19 heavy (non-hydrogen) atoms. The zero-order valence-corrected chi connectivity index (χ0v) is 11.5. The Balaban J connectivity index is 3.60. The Bertz CT molecular complexity index is 491. The number of allylic oxidation sites excluding steroid dienone is 4. The van der Waals surface area contributed by atoms with Gasteiger partial charge in [-0.1, -0.05) is 30.1 Å². The predicted octanol–water partition coefficient (Wildman–Crippen LogP) is 2.86. The molecule has 0 amide bonds. The molecular weight excluding hydrogens is 236 g/mol. The molecule has 0 aliphatic rings. The third-order valence-electron chi connectivity index (χ3n) is 1.88. The zero-order chi connectivity index (χ0) is 14.2. The highest BCUT2D eigenvalue weighted by Crippen LogP contribution is 1.97. The van der Waals surface area contributed by atoms with E-state index in [-0.39, 0.29) is 5.97 Å². The molecule has 0 spiro atoms. The summed E-state index contributed by atoms with van der Waals surface area (Å²) in [7, 11) is 0. The van der Waals surface area contributed by atoms with Gasteiger partial charge in [-0.15, -0.1) is 0 Å². The molecule has 0 saturated carbocycles. The maximum absolute atomic E-state index is 10.5. The summed E-state index contributed by atoms with van der Waals surface area (Å²) in [6.45, 7) is 3.66. The SMILES string of the molecule is CC#CC#CC#CC=CC=CCCCCOC(C)=O.